The van der Waals surface area contributed by atoms with Crippen LogP contribution in [0.25, 0.3) is 38.9 Å². The largest absolute Gasteiger partial charge is 0.268 e. The minimum Gasteiger partial charge on any atom is -0.268 e. The van der Waals surface area contributed by atoms with Crippen LogP contribution in [-0.4, -0.2) is 19.5 Å². The van der Waals surface area contributed by atoms with Gasteiger partial charge in [0.25, 0.3) is 5.56 Å². The summed E-state index contributed by atoms with van der Waals surface area (Å²) >= 11 is 7.85. The second-order valence-electron chi connectivity index (χ2n) is 8.19. The number of halogens is 1. The Morgan fingerprint density at radius 1 is 0.722 bits per heavy atom. The van der Waals surface area contributed by atoms with E-state index in [1.54, 1.807) is 4.57 Å². The minimum atomic E-state index is -0.0945. The van der Waals surface area contributed by atoms with E-state index in [1.165, 1.54) is 11.8 Å². The lowest BCUT2D eigenvalue weighted by Crippen LogP contribution is -2.23. The van der Waals surface area contributed by atoms with E-state index in [0.717, 1.165) is 27.2 Å². The van der Waals surface area contributed by atoms with Crippen molar-refractivity contribution in [1.82, 2.24) is 19.5 Å². The van der Waals surface area contributed by atoms with Gasteiger partial charge in [0, 0.05) is 16.0 Å². The van der Waals surface area contributed by atoms with E-state index in [-0.39, 0.29) is 5.56 Å². The zero-order valence-electron chi connectivity index (χ0n) is 19.0. The van der Waals surface area contributed by atoms with Crippen molar-refractivity contribution in [2.24, 2.45) is 0 Å². The van der Waals surface area contributed by atoms with E-state index in [9.17, 15) is 4.79 Å². The van der Waals surface area contributed by atoms with Gasteiger partial charge >= 0.3 is 0 Å². The summed E-state index contributed by atoms with van der Waals surface area (Å²) in [6.07, 6.45) is 0. The highest BCUT2D eigenvalue weighted by Gasteiger charge is 2.16. The maximum absolute atomic E-state index is 13.5. The molecule has 2 heterocycles. The molecule has 0 unspecified atom stereocenters. The molecule has 0 saturated carbocycles. The molecule has 7 heteroatoms. The average Bonchev–Trinajstić information content (AvgIpc) is 2.93. The predicted octanol–water partition coefficient (Wildman–Crippen LogP) is 6.94. The highest BCUT2D eigenvalue weighted by Crippen LogP contribution is 2.32. The number of hydrogen-bond acceptors (Lipinski definition) is 5. The molecule has 6 aromatic rings. The van der Waals surface area contributed by atoms with Crippen LogP contribution in [0.1, 0.15) is 5.82 Å². The summed E-state index contributed by atoms with van der Waals surface area (Å²) in [5.74, 6) is 1.71. The van der Waals surface area contributed by atoms with Gasteiger partial charge in [-0.1, -0.05) is 84.0 Å². The molecule has 6 rings (SSSR count). The Balaban J connectivity index is 1.49. The smallest absolute Gasteiger partial charge is 0.265 e. The molecule has 2 aromatic heterocycles. The number of thioether (sulfide) groups is 1. The van der Waals surface area contributed by atoms with Crippen molar-refractivity contribution in [1.29, 1.82) is 0 Å². The summed E-state index contributed by atoms with van der Waals surface area (Å²) in [4.78, 5) is 28.1. The highest BCUT2D eigenvalue weighted by atomic mass is 35.5. The lowest BCUT2D eigenvalue weighted by molar-refractivity contribution is 0.883. The predicted molar refractivity (Wildman–Crippen MR) is 147 cm³/mol. The molecular formula is C29H19ClN4OS. The van der Waals surface area contributed by atoms with Crippen LogP contribution in [-0.2, 0) is 5.75 Å². The van der Waals surface area contributed by atoms with Crippen molar-refractivity contribution >= 4 is 45.2 Å². The number of aromatic nitrogens is 4. The quantitative estimate of drug-likeness (QED) is 0.187. The molecule has 0 amide bonds. The van der Waals surface area contributed by atoms with Crippen molar-refractivity contribution in [3.05, 3.63) is 124 Å². The normalized spacial score (nSPS) is 11.2. The Labute approximate surface area is 216 Å². The zero-order chi connectivity index (χ0) is 24.5. The van der Waals surface area contributed by atoms with Crippen molar-refractivity contribution in [3.63, 3.8) is 0 Å². The number of hydrogen-bond donors (Lipinski definition) is 0. The molecule has 0 fully saturated rings. The average molecular weight is 507 g/mol. The van der Waals surface area contributed by atoms with E-state index >= 15 is 0 Å². The molecule has 0 atom stereocenters. The zero-order valence-corrected chi connectivity index (χ0v) is 20.6. The Hall–Kier alpha value is -4.00. The van der Waals surface area contributed by atoms with Crippen LogP contribution >= 0.6 is 23.4 Å². The van der Waals surface area contributed by atoms with Crippen molar-refractivity contribution in [2.75, 3.05) is 0 Å². The molecule has 4 aromatic carbocycles. The number of nitrogens with zero attached hydrogens (tertiary/aromatic N) is 4. The van der Waals surface area contributed by atoms with Gasteiger partial charge in [-0.25, -0.2) is 15.0 Å². The van der Waals surface area contributed by atoms with Crippen LogP contribution < -0.4 is 5.56 Å². The van der Waals surface area contributed by atoms with Crippen molar-refractivity contribution in [3.8, 4) is 17.1 Å². The molecule has 0 bridgehead atoms. The molecule has 174 valence electrons. The van der Waals surface area contributed by atoms with E-state index in [0.29, 0.717) is 33.3 Å². The third kappa shape index (κ3) is 4.26. The Bertz CT molecular complexity index is 1770. The first-order valence-corrected chi connectivity index (χ1v) is 12.8. The van der Waals surface area contributed by atoms with E-state index < -0.39 is 0 Å². The first-order valence-electron chi connectivity index (χ1n) is 11.4. The topological polar surface area (TPSA) is 60.7 Å². The second kappa shape index (κ2) is 9.57. The monoisotopic (exact) mass is 506 g/mol. The molecular weight excluding hydrogens is 488 g/mol. The number of para-hydroxylation sites is 2. The number of benzene rings is 4. The van der Waals surface area contributed by atoms with E-state index in [4.69, 9.17) is 26.6 Å². The van der Waals surface area contributed by atoms with Gasteiger partial charge in [0.2, 0.25) is 0 Å². The first kappa shape index (κ1) is 22.5. The highest BCUT2D eigenvalue weighted by molar-refractivity contribution is 7.98. The van der Waals surface area contributed by atoms with Crippen molar-refractivity contribution < 1.29 is 0 Å². The van der Waals surface area contributed by atoms with E-state index in [1.807, 2.05) is 103 Å². The summed E-state index contributed by atoms with van der Waals surface area (Å²) in [6.45, 7) is 0. The molecule has 0 aliphatic carbocycles. The fourth-order valence-corrected chi connectivity index (χ4v) is 5.25. The molecule has 0 N–H and O–H groups in total. The van der Waals surface area contributed by atoms with Crippen LogP contribution in [0.4, 0.5) is 0 Å². The first-order chi connectivity index (χ1) is 17.7. The second-order valence-corrected chi connectivity index (χ2v) is 9.59. The van der Waals surface area contributed by atoms with Gasteiger partial charge in [0.05, 0.1) is 27.9 Å². The lowest BCUT2D eigenvalue weighted by atomic mass is 10.2. The molecule has 0 spiro atoms. The SMILES string of the molecule is O=c1c2ccccc2nc(CSc2nc(-c3ccccc3)nc3ccc(Cl)cc23)n1-c1ccccc1. The molecule has 5 nitrogen and oxygen atoms in total. The maximum atomic E-state index is 13.5. The van der Waals surface area contributed by atoms with Crippen LogP contribution in [0.2, 0.25) is 5.02 Å². The fraction of sp³-hybridized carbons (Fsp3) is 0.0345. The molecule has 0 aliphatic heterocycles. The number of fused-ring (bicyclic) bond motifs is 2. The van der Waals surface area contributed by atoms with Gasteiger partial charge in [-0.3, -0.25) is 9.36 Å². The summed E-state index contributed by atoms with van der Waals surface area (Å²) in [7, 11) is 0. The van der Waals surface area contributed by atoms with Gasteiger partial charge < -0.3 is 0 Å². The van der Waals surface area contributed by atoms with Crippen LogP contribution in [0.15, 0.2) is 113 Å². The Kier molecular flexibility index (Phi) is 5.97. The third-order valence-electron chi connectivity index (χ3n) is 5.85. The molecule has 0 radical (unpaired) electrons. The van der Waals surface area contributed by atoms with Gasteiger partial charge in [0.15, 0.2) is 5.82 Å². The molecule has 0 saturated heterocycles. The summed E-state index contributed by atoms with van der Waals surface area (Å²) < 4.78 is 1.68. The van der Waals surface area contributed by atoms with Gasteiger partial charge in [-0.2, -0.15) is 0 Å². The summed E-state index contributed by atoms with van der Waals surface area (Å²) in [5, 5.41) is 2.84. The van der Waals surface area contributed by atoms with Crippen LogP contribution in [0, 0.1) is 0 Å². The lowest BCUT2D eigenvalue weighted by Gasteiger charge is -2.14. The minimum absolute atomic E-state index is 0.0945. The Morgan fingerprint density at radius 3 is 2.22 bits per heavy atom. The fourth-order valence-electron chi connectivity index (χ4n) is 4.15. The molecule has 36 heavy (non-hydrogen) atoms. The van der Waals surface area contributed by atoms with Crippen LogP contribution in [0.5, 0.6) is 0 Å². The molecule has 0 aliphatic rings. The standard InChI is InChI=1S/C29H19ClN4OS/c30-20-15-16-25-23(17-20)28(33-27(32-25)19-9-3-1-4-10-19)36-18-26-31-24-14-8-7-13-22(24)29(35)34(26)21-11-5-2-6-12-21/h1-17H,18H2. The van der Waals surface area contributed by atoms with Gasteiger partial charge in [0.1, 0.15) is 10.9 Å². The summed E-state index contributed by atoms with van der Waals surface area (Å²) in [5.41, 5.74) is 3.09. The van der Waals surface area contributed by atoms with E-state index in [2.05, 4.69) is 0 Å². The number of rotatable bonds is 5. The Morgan fingerprint density at radius 2 is 1.42 bits per heavy atom. The maximum Gasteiger partial charge on any atom is 0.265 e. The van der Waals surface area contributed by atoms with Gasteiger partial charge in [-0.05, 0) is 42.5 Å². The summed E-state index contributed by atoms with van der Waals surface area (Å²) in [6, 6.07) is 32.5. The third-order valence-corrected chi connectivity index (χ3v) is 7.07. The van der Waals surface area contributed by atoms with Gasteiger partial charge in [-0.15, -0.1) is 0 Å². The van der Waals surface area contributed by atoms with Crippen molar-refractivity contribution in [2.45, 2.75) is 10.8 Å². The van der Waals surface area contributed by atoms with Crippen LogP contribution in [0.3, 0.4) is 0 Å².